The molecule has 0 bridgehead atoms. The lowest BCUT2D eigenvalue weighted by atomic mass is 10.2. The highest BCUT2D eigenvalue weighted by Crippen LogP contribution is 1.98. The summed E-state index contributed by atoms with van der Waals surface area (Å²) in [6.07, 6.45) is 6.67. The van der Waals surface area contributed by atoms with Crippen LogP contribution in [0.25, 0.3) is 0 Å². The van der Waals surface area contributed by atoms with Crippen molar-refractivity contribution in [1.29, 1.82) is 0 Å². The molecule has 0 fully saturated rings. The first-order valence-corrected chi connectivity index (χ1v) is 6.21. The molecule has 0 saturated heterocycles. The molecule has 0 N–H and O–H groups in total. The van der Waals surface area contributed by atoms with Gasteiger partial charge in [-0.05, 0) is 6.42 Å². The van der Waals surface area contributed by atoms with Gasteiger partial charge >= 0.3 is 11.9 Å². The zero-order valence-corrected chi connectivity index (χ0v) is 11.1. The van der Waals surface area contributed by atoms with Crippen LogP contribution < -0.4 is 0 Å². The summed E-state index contributed by atoms with van der Waals surface area (Å²) in [5.41, 5.74) is 0. The first kappa shape index (κ1) is 16.6. The van der Waals surface area contributed by atoms with Gasteiger partial charge in [0.1, 0.15) is 6.61 Å². The molecular formula is C13H22O5. The van der Waals surface area contributed by atoms with E-state index in [1.165, 1.54) is 20.0 Å². The quantitative estimate of drug-likeness (QED) is 0.340. The fourth-order valence-corrected chi connectivity index (χ4v) is 1.19. The first-order chi connectivity index (χ1) is 8.70. The van der Waals surface area contributed by atoms with Crippen molar-refractivity contribution in [3.63, 3.8) is 0 Å². The molecule has 0 amide bonds. The van der Waals surface area contributed by atoms with Crippen molar-refractivity contribution in [1.82, 2.24) is 0 Å². The molecule has 0 rings (SSSR count). The van der Waals surface area contributed by atoms with Crippen molar-refractivity contribution in [2.24, 2.45) is 0 Å². The Morgan fingerprint density at radius 2 is 1.67 bits per heavy atom. The topological polar surface area (TPSA) is 61.8 Å². The lowest BCUT2D eigenvalue weighted by Gasteiger charge is -2.04. The molecule has 104 valence electrons. The van der Waals surface area contributed by atoms with E-state index in [4.69, 9.17) is 9.47 Å². The SMILES string of the molecule is CCCCCCOCCOC(=O)/C=C/C(=O)OC. The minimum atomic E-state index is -0.584. The summed E-state index contributed by atoms with van der Waals surface area (Å²) in [5, 5.41) is 0. The van der Waals surface area contributed by atoms with E-state index in [9.17, 15) is 9.59 Å². The van der Waals surface area contributed by atoms with E-state index in [0.717, 1.165) is 25.0 Å². The Labute approximate surface area is 108 Å². The number of carbonyl (C=O) groups excluding carboxylic acids is 2. The van der Waals surface area contributed by atoms with Crippen LogP contribution in [0.5, 0.6) is 0 Å². The average Bonchev–Trinajstić information content (AvgIpc) is 2.39. The van der Waals surface area contributed by atoms with Crippen molar-refractivity contribution < 1.29 is 23.8 Å². The van der Waals surface area contributed by atoms with Gasteiger partial charge in [0.2, 0.25) is 0 Å². The predicted molar refractivity (Wildman–Crippen MR) is 67.1 cm³/mol. The van der Waals surface area contributed by atoms with Gasteiger partial charge < -0.3 is 14.2 Å². The Balaban J connectivity index is 3.35. The lowest BCUT2D eigenvalue weighted by molar-refractivity contribution is -0.140. The van der Waals surface area contributed by atoms with Crippen LogP contribution in [0.4, 0.5) is 0 Å². The highest BCUT2D eigenvalue weighted by atomic mass is 16.6. The van der Waals surface area contributed by atoms with E-state index in [1.54, 1.807) is 0 Å². The van der Waals surface area contributed by atoms with Gasteiger partial charge in [0, 0.05) is 18.8 Å². The van der Waals surface area contributed by atoms with Crippen molar-refractivity contribution in [3.05, 3.63) is 12.2 Å². The first-order valence-electron chi connectivity index (χ1n) is 6.21. The summed E-state index contributed by atoms with van der Waals surface area (Å²) in [5.74, 6) is -1.16. The standard InChI is InChI=1S/C13H22O5/c1-3-4-5-6-9-17-10-11-18-13(15)8-7-12(14)16-2/h7-8H,3-6,9-11H2,1-2H3/b8-7+. The van der Waals surface area contributed by atoms with Crippen molar-refractivity contribution in [2.75, 3.05) is 26.9 Å². The van der Waals surface area contributed by atoms with Crippen molar-refractivity contribution >= 4 is 11.9 Å². The fourth-order valence-electron chi connectivity index (χ4n) is 1.19. The molecule has 0 aliphatic rings. The number of ether oxygens (including phenoxy) is 3. The Hall–Kier alpha value is -1.36. The highest BCUT2D eigenvalue weighted by molar-refractivity contribution is 5.91. The maximum atomic E-state index is 11.1. The van der Waals surface area contributed by atoms with E-state index in [1.807, 2.05) is 0 Å². The summed E-state index contributed by atoms with van der Waals surface area (Å²) < 4.78 is 14.4. The van der Waals surface area contributed by atoms with E-state index in [-0.39, 0.29) is 6.61 Å². The number of hydrogen-bond donors (Lipinski definition) is 0. The molecule has 0 saturated carbocycles. The van der Waals surface area contributed by atoms with Crippen LogP contribution in [0.15, 0.2) is 12.2 Å². The van der Waals surface area contributed by atoms with Crippen LogP contribution in [-0.2, 0) is 23.8 Å². The van der Waals surface area contributed by atoms with Gasteiger partial charge in [-0.1, -0.05) is 26.2 Å². The van der Waals surface area contributed by atoms with Crippen LogP contribution in [0.3, 0.4) is 0 Å². The number of hydrogen-bond acceptors (Lipinski definition) is 5. The Morgan fingerprint density at radius 3 is 2.33 bits per heavy atom. The monoisotopic (exact) mass is 258 g/mol. The Kier molecular flexibility index (Phi) is 11.2. The molecule has 0 aromatic heterocycles. The zero-order valence-electron chi connectivity index (χ0n) is 11.1. The van der Waals surface area contributed by atoms with Crippen LogP contribution in [-0.4, -0.2) is 38.9 Å². The van der Waals surface area contributed by atoms with Gasteiger partial charge in [-0.3, -0.25) is 0 Å². The maximum Gasteiger partial charge on any atom is 0.331 e. The molecule has 0 atom stereocenters. The number of rotatable bonds is 10. The second-order valence-electron chi connectivity index (χ2n) is 3.70. The smallest absolute Gasteiger partial charge is 0.331 e. The number of carbonyl (C=O) groups is 2. The summed E-state index contributed by atoms with van der Waals surface area (Å²) in [6, 6.07) is 0. The third-order valence-corrected chi connectivity index (χ3v) is 2.17. The molecule has 0 unspecified atom stereocenters. The largest absolute Gasteiger partial charge is 0.466 e. The van der Waals surface area contributed by atoms with E-state index >= 15 is 0 Å². The summed E-state index contributed by atoms with van der Waals surface area (Å²) in [6.45, 7) is 3.42. The Bertz CT molecular complexity index is 260. The number of methoxy groups -OCH3 is 1. The molecule has 0 spiro atoms. The van der Waals surface area contributed by atoms with Crippen LogP contribution in [0, 0.1) is 0 Å². The fraction of sp³-hybridized carbons (Fsp3) is 0.692. The minimum Gasteiger partial charge on any atom is -0.466 e. The van der Waals surface area contributed by atoms with Gasteiger partial charge in [-0.2, -0.15) is 0 Å². The minimum absolute atomic E-state index is 0.193. The lowest BCUT2D eigenvalue weighted by Crippen LogP contribution is -2.09. The molecule has 0 aromatic rings. The zero-order chi connectivity index (χ0) is 13.6. The molecule has 5 nitrogen and oxygen atoms in total. The average molecular weight is 258 g/mol. The molecule has 0 heterocycles. The molecule has 0 aliphatic heterocycles. The second kappa shape index (κ2) is 12.1. The third-order valence-electron chi connectivity index (χ3n) is 2.17. The molecular weight excluding hydrogens is 236 g/mol. The summed E-state index contributed by atoms with van der Waals surface area (Å²) >= 11 is 0. The number of unbranched alkanes of at least 4 members (excludes halogenated alkanes) is 3. The van der Waals surface area contributed by atoms with E-state index < -0.39 is 11.9 Å². The van der Waals surface area contributed by atoms with Gasteiger partial charge in [-0.15, -0.1) is 0 Å². The summed E-state index contributed by atoms with van der Waals surface area (Å²) in [4.78, 5) is 21.7. The predicted octanol–water partition coefficient (Wildman–Crippen LogP) is 1.86. The van der Waals surface area contributed by atoms with Crippen molar-refractivity contribution in [3.8, 4) is 0 Å². The number of esters is 2. The maximum absolute atomic E-state index is 11.1. The van der Waals surface area contributed by atoms with Gasteiger partial charge in [0.05, 0.1) is 13.7 Å². The highest BCUT2D eigenvalue weighted by Gasteiger charge is 1.99. The van der Waals surface area contributed by atoms with Crippen LogP contribution in [0.1, 0.15) is 32.6 Å². The van der Waals surface area contributed by atoms with Crippen LogP contribution >= 0.6 is 0 Å². The molecule has 0 radical (unpaired) electrons. The van der Waals surface area contributed by atoms with E-state index in [0.29, 0.717) is 13.2 Å². The molecule has 5 heteroatoms. The third kappa shape index (κ3) is 11.1. The van der Waals surface area contributed by atoms with Crippen LogP contribution in [0.2, 0.25) is 0 Å². The Morgan fingerprint density at radius 1 is 0.944 bits per heavy atom. The summed E-state index contributed by atoms with van der Waals surface area (Å²) in [7, 11) is 1.24. The van der Waals surface area contributed by atoms with Gasteiger partial charge in [-0.25, -0.2) is 9.59 Å². The van der Waals surface area contributed by atoms with Crippen molar-refractivity contribution in [2.45, 2.75) is 32.6 Å². The van der Waals surface area contributed by atoms with Gasteiger partial charge in [0.25, 0.3) is 0 Å². The van der Waals surface area contributed by atoms with E-state index in [2.05, 4.69) is 11.7 Å². The second-order valence-corrected chi connectivity index (χ2v) is 3.70. The normalized spacial score (nSPS) is 10.6. The van der Waals surface area contributed by atoms with Gasteiger partial charge in [0.15, 0.2) is 0 Å². The molecule has 0 aliphatic carbocycles. The molecule has 0 aromatic carbocycles. The molecule has 18 heavy (non-hydrogen) atoms.